The summed E-state index contributed by atoms with van der Waals surface area (Å²) >= 11 is 0. The Hall–Kier alpha value is -3.62. The van der Waals surface area contributed by atoms with E-state index in [1.54, 1.807) is 23.2 Å². The normalized spacial score (nSPS) is 14.9. The average molecular weight is 519 g/mol. The number of rotatable bonds is 7. The van der Waals surface area contributed by atoms with Gasteiger partial charge in [0.15, 0.2) is 11.5 Å². The first-order valence-electron chi connectivity index (χ1n) is 13.2. The fourth-order valence-corrected chi connectivity index (χ4v) is 4.35. The molecule has 2 aromatic carbocycles. The van der Waals surface area contributed by atoms with Crippen LogP contribution >= 0.6 is 0 Å². The van der Waals surface area contributed by atoms with Crippen LogP contribution in [0.1, 0.15) is 34.8 Å². The van der Waals surface area contributed by atoms with Crippen molar-refractivity contribution >= 4 is 5.91 Å². The van der Waals surface area contributed by atoms with Crippen LogP contribution < -0.4 is 14.2 Å². The van der Waals surface area contributed by atoms with E-state index >= 15 is 0 Å². The first-order valence-corrected chi connectivity index (χ1v) is 13.2. The molecule has 1 amide bonds. The van der Waals surface area contributed by atoms with Crippen molar-refractivity contribution in [2.45, 2.75) is 26.4 Å². The highest BCUT2D eigenvalue weighted by Crippen LogP contribution is 2.32. The Labute approximate surface area is 225 Å². The Morgan fingerprint density at radius 3 is 2.63 bits per heavy atom. The number of aromatic nitrogens is 1. The van der Waals surface area contributed by atoms with Gasteiger partial charge in [-0.25, -0.2) is 4.98 Å². The lowest BCUT2D eigenvalue weighted by atomic mass is 10.1. The van der Waals surface area contributed by atoms with Gasteiger partial charge in [0.2, 0.25) is 5.88 Å². The van der Waals surface area contributed by atoms with Gasteiger partial charge >= 0.3 is 0 Å². The SMILES string of the molecule is CCCOc1ccc(CN2CCOc3ccccc3Oc3ncccc3C(=O)N(C)CC2)cc1CN(C)C. The first kappa shape index (κ1) is 27.4. The molecule has 0 atom stereocenters. The molecule has 8 heteroatoms. The Balaban J connectivity index is 1.58. The average Bonchev–Trinajstić information content (AvgIpc) is 2.91. The zero-order valence-corrected chi connectivity index (χ0v) is 22.9. The lowest BCUT2D eigenvalue weighted by Gasteiger charge is -2.26. The maximum atomic E-state index is 13.3. The first-order chi connectivity index (χ1) is 18.4. The molecule has 0 bridgehead atoms. The number of nitrogens with zero attached hydrogens (tertiary/aromatic N) is 4. The van der Waals surface area contributed by atoms with E-state index in [4.69, 9.17) is 14.2 Å². The maximum absolute atomic E-state index is 13.3. The van der Waals surface area contributed by atoms with Gasteiger partial charge in [-0.05, 0) is 62.5 Å². The summed E-state index contributed by atoms with van der Waals surface area (Å²) in [7, 11) is 5.94. The van der Waals surface area contributed by atoms with E-state index in [1.807, 2.05) is 31.3 Å². The highest BCUT2D eigenvalue weighted by molar-refractivity contribution is 5.96. The summed E-state index contributed by atoms with van der Waals surface area (Å²) in [6, 6.07) is 17.4. The summed E-state index contributed by atoms with van der Waals surface area (Å²) in [4.78, 5) is 23.8. The Morgan fingerprint density at radius 1 is 1.03 bits per heavy atom. The summed E-state index contributed by atoms with van der Waals surface area (Å²) in [6.45, 7) is 6.78. The van der Waals surface area contributed by atoms with Crippen LogP contribution in [0.5, 0.6) is 23.1 Å². The molecule has 0 saturated carbocycles. The Bertz CT molecular complexity index is 1220. The van der Waals surface area contributed by atoms with Crippen LogP contribution in [0.4, 0.5) is 0 Å². The van der Waals surface area contributed by atoms with Crippen molar-refractivity contribution in [2.24, 2.45) is 0 Å². The smallest absolute Gasteiger partial charge is 0.259 e. The van der Waals surface area contributed by atoms with Crippen LogP contribution in [0.15, 0.2) is 60.8 Å². The van der Waals surface area contributed by atoms with Gasteiger partial charge < -0.3 is 24.0 Å². The third-order valence-corrected chi connectivity index (χ3v) is 6.30. The monoisotopic (exact) mass is 518 g/mol. The number of ether oxygens (including phenoxy) is 3. The molecule has 0 unspecified atom stereocenters. The van der Waals surface area contributed by atoms with Crippen LogP contribution in [0.2, 0.25) is 0 Å². The van der Waals surface area contributed by atoms with Gasteiger partial charge in [0.25, 0.3) is 5.91 Å². The van der Waals surface area contributed by atoms with Crippen LogP contribution in [-0.2, 0) is 13.1 Å². The van der Waals surface area contributed by atoms with Crippen LogP contribution in [-0.4, -0.2) is 79.6 Å². The van der Waals surface area contributed by atoms with Gasteiger partial charge in [0.1, 0.15) is 17.9 Å². The van der Waals surface area contributed by atoms with Crippen LogP contribution in [0, 0.1) is 0 Å². The molecule has 0 fully saturated rings. The summed E-state index contributed by atoms with van der Waals surface area (Å²) in [5.41, 5.74) is 2.79. The van der Waals surface area contributed by atoms with E-state index in [-0.39, 0.29) is 11.8 Å². The quantitative estimate of drug-likeness (QED) is 0.450. The number of pyridine rings is 1. The van der Waals surface area contributed by atoms with Crippen LogP contribution in [0.3, 0.4) is 0 Å². The number of para-hydroxylation sites is 2. The highest BCUT2D eigenvalue weighted by atomic mass is 16.5. The number of hydrogen-bond donors (Lipinski definition) is 0. The number of amides is 1. The molecule has 1 aliphatic rings. The van der Waals surface area contributed by atoms with E-state index in [9.17, 15) is 4.79 Å². The van der Waals surface area contributed by atoms with E-state index in [0.717, 1.165) is 25.3 Å². The fraction of sp³-hybridized carbons (Fsp3) is 0.400. The molecule has 4 rings (SSSR count). The molecule has 202 valence electrons. The number of likely N-dealkylation sites (N-methyl/N-ethyl adjacent to an activating group) is 1. The minimum absolute atomic E-state index is 0.128. The Morgan fingerprint density at radius 2 is 1.84 bits per heavy atom. The molecule has 38 heavy (non-hydrogen) atoms. The summed E-state index contributed by atoms with van der Waals surface area (Å²) in [5, 5.41) is 0. The molecule has 1 aliphatic heterocycles. The molecule has 2 heterocycles. The molecule has 1 aromatic heterocycles. The minimum Gasteiger partial charge on any atom is -0.493 e. The second-order valence-electron chi connectivity index (χ2n) is 9.78. The van der Waals surface area contributed by atoms with Crippen molar-refractivity contribution < 1.29 is 19.0 Å². The molecule has 0 radical (unpaired) electrons. The number of carbonyl (C=O) groups is 1. The molecule has 3 aromatic rings. The van der Waals surface area contributed by atoms with Gasteiger partial charge in [-0.1, -0.05) is 25.1 Å². The molecular formula is C30H38N4O4. The number of fused-ring (bicyclic) bond motifs is 2. The third-order valence-electron chi connectivity index (χ3n) is 6.30. The van der Waals surface area contributed by atoms with Gasteiger partial charge in [0, 0.05) is 51.5 Å². The van der Waals surface area contributed by atoms with E-state index in [2.05, 4.69) is 54.0 Å². The van der Waals surface area contributed by atoms with Gasteiger partial charge in [-0.3, -0.25) is 9.69 Å². The predicted octanol–water partition coefficient (Wildman–Crippen LogP) is 4.69. The summed E-state index contributed by atoms with van der Waals surface area (Å²) < 4.78 is 18.2. The van der Waals surface area contributed by atoms with Crippen LogP contribution in [0.25, 0.3) is 0 Å². The second-order valence-corrected chi connectivity index (χ2v) is 9.78. The standard InChI is InChI=1S/C30H38N4O4/c1-5-18-36-26-13-12-23(20-24(26)22-32(2)3)21-34-16-15-33(4)30(35)25-9-8-14-31-29(25)38-28-11-7-6-10-27(28)37-19-17-34/h6-14,20H,5,15-19,21-22H2,1-4H3. The number of carbonyl (C=O) groups excluding carboxylic acids is 1. The maximum Gasteiger partial charge on any atom is 0.259 e. The van der Waals surface area contributed by atoms with Crippen molar-refractivity contribution in [3.8, 4) is 23.1 Å². The predicted molar refractivity (Wildman–Crippen MR) is 148 cm³/mol. The molecule has 0 saturated heterocycles. The molecule has 0 spiro atoms. The van der Waals surface area contributed by atoms with Crippen molar-refractivity contribution in [3.63, 3.8) is 0 Å². The van der Waals surface area contributed by atoms with Crippen molar-refractivity contribution in [2.75, 3.05) is 54.0 Å². The van der Waals surface area contributed by atoms with E-state index < -0.39 is 0 Å². The number of hydrogen-bond acceptors (Lipinski definition) is 7. The second kappa shape index (κ2) is 13.3. The molecule has 0 N–H and O–H groups in total. The Kier molecular flexibility index (Phi) is 9.56. The lowest BCUT2D eigenvalue weighted by Crippen LogP contribution is -2.38. The van der Waals surface area contributed by atoms with Gasteiger partial charge in [-0.2, -0.15) is 0 Å². The highest BCUT2D eigenvalue weighted by Gasteiger charge is 2.21. The van der Waals surface area contributed by atoms with Gasteiger partial charge in [-0.15, -0.1) is 0 Å². The fourth-order valence-electron chi connectivity index (χ4n) is 4.35. The zero-order valence-electron chi connectivity index (χ0n) is 22.9. The summed E-state index contributed by atoms with van der Waals surface area (Å²) in [6.07, 6.45) is 2.59. The van der Waals surface area contributed by atoms with E-state index in [0.29, 0.717) is 49.9 Å². The largest absolute Gasteiger partial charge is 0.493 e. The molecule has 8 nitrogen and oxygen atoms in total. The third kappa shape index (κ3) is 7.24. The lowest BCUT2D eigenvalue weighted by molar-refractivity contribution is 0.0770. The summed E-state index contributed by atoms with van der Waals surface area (Å²) in [5.74, 6) is 2.23. The number of benzene rings is 2. The van der Waals surface area contributed by atoms with Gasteiger partial charge in [0.05, 0.1) is 6.61 Å². The van der Waals surface area contributed by atoms with E-state index in [1.165, 1.54) is 11.1 Å². The minimum atomic E-state index is -0.128. The zero-order chi connectivity index (χ0) is 26.9. The molecular weight excluding hydrogens is 480 g/mol. The molecule has 0 aliphatic carbocycles. The topological polar surface area (TPSA) is 67.4 Å². The van der Waals surface area contributed by atoms with Crippen molar-refractivity contribution in [3.05, 3.63) is 77.5 Å². The van der Waals surface area contributed by atoms with Crippen molar-refractivity contribution in [1.29, 1.82) is 0 Å². The van der Waals surface area contributed by atoms with Crippen molar-refractivity contribution in [1.82, 2.24) is 19.7 Å².